The third kappa shape index (κ3) is 6.63. The Kier molecular flexibility index (Phi) is 9.19. The van der Waals surface area contributed by atoms with Gasteiger partial charge in [0.2, 0.25) is 5.95 Å². The second-order valence-corrected chi connectivity index (χ2v) is 14.0. The molecule has 5 rings (SSSR count). The molecule has 11 heteroatoms. The van der Waals surface area contributed by atoms with E-state index < -0.39 is 15.1 Å². The quantitative estimate of drug-likeness (QED) is 0.364. The van der Waals surface area contributed by atoms with E-state index in [4.69, 9.17) is 4.74 Å². The van der Waals surface area contributed by atoms with Crippen LogP contribution in [0.5, 0.6) is 5.75 Å². The van der Waals surface area contributed by atoms with Crippen molar-refractivity contribution in [1.82, 2.24) is 19.8 Å². The van der Waals surface area contributed by atoms with Crippen LogP contribution in [0.3, 0.4) is 0 Å². The first-order chi connectivity index (χ1) is 20.2. The van der Waals surface area contributed by atoms with E-state index >= 15 is 0 Å². The lowest BCUT2D eigenvalue weighted by atomic mass is 10.0. The van der Waals surface area contributed by atoms with Gasteiger partial charge in [-0.2, -0.15) is 4.98 Å². The predicted octanol–water partition coefficient (Wildman–Crippen LogP) is 4.68. The summed E-state index contributed by atoms with van der Waals surface area (Å²) in [6, 6.07) is 13.7. The average molecular weight is 594 g/mol. The molecule has 0 saturated carbocycles. The first-order valence-corrected chi connectivity index (χ1v) is 16.3. The Bertz CT molecular complexity index is 1480. The van der Waals surface area contributed by atoms with Crippen LogP contribution >= 0.6 is 0 Å². The molecule has 0 bridgehead atoms. The van der Waals surface area contributed by atoms with Gasteiger partial charge in [0, 0.05) is 68.8 Å². The van der Waals surface area contributed by atoms with Crippen molar-refractivity contribution in [2.24, 2.45) is 0 Å². The van der Waals surface area contributed by atoms with Crippen molar-refractivity contribution in [1.29, 1.82) is 0 Å². The van der Waals surface area contributed by atoms with E-state index in [1.165, 1.54) is 12.8 Å². The van der Waals surface area contributed by atoms with Crippen LogP contribution in [-0.2, 0) is 9.84 Å². The fourth-order valence-electron chi connectivity index (χ4n) is 5.60. The fraction of sp³-hybridized carbons (Fsp3) is 0.484. The average Bonchev–Trinajstić information content (AvgIpc) is 2.99. The number of likely N-dealkylation sites (N-methyl/N-ethyl adjacent to an activating group) is 1. The SMILES string of the molecule is COc1cc(N2CCC(N3CCN(C)CC3)CC2)ccc1Nc1ncc(C)c(Nc2ccccc2S(=O)(=O)C(C)C)n1. The Labute approximate surface area is 250 Å². The number of para-hydroxylation sites is 1. The Morgan fingerprint density at radius 3 is 2.36 bits per heavy atom. The molecule has 0 aliphatic carbocycles. The Balaban J connectivity index is 1.28. The molecule has 42 heavy (non-hydrogen) atoms. The van der Waals surface area contributed by atoms with Crippen molar-refractivity contribution < 1.29 is 13.2 Å². The summed E-state index contributed by atoms with van der Waals surface area (Å²) in [4.78, 5) is 16.9. The van der Waals surface area contributed by atoms with Crippen molar-refractivity contribution in [2.45, 2.75) is 49.8 Å². The minimum atomic E-state index is -3.48. The molecule has 10 nitrogen and oxygen atoms in total. The third-order valence-electron chi connectivity index (χ3n) is 8.35. The summed E-state index contributed by atoms with van der Waals surface area (Å²) < 4.78 is 31.6. The Morgan fingerprint density at radius 2 is 1.67 bits per heavy atom. The standard InChI is InChI=1S/C31H43N7O3S/c1-22(2)42(39,40)29-9-7-6-8-27(29)33-30-23(3)21-32-31(35-30)34-26-11-10-25(20-28(26)41-5)37-14-12-24(13-15-37)38-18-16-36(4)17-19-38/h6-11,20-22,24H,12-19H2,1-5H3,(H2,32,33,34,35). The van der Waals surface area contributed by atoms with Crippen LogP contribution in [0.15, 0.2) is 53.6 Å². The third-order valence-corrected chi connectivity index (χ3v) is 10.6. The Hall–Kier alpha value is -3.41. The molecule has 2 saturated heterocycles. The predicted molar refractivity (Wildman–Crippen MR) is 169 cm³/mol. The zero-order valence-electron chi connectivity index (χ0n) is 25.3. The number of piperazine rings is 1. The van der Waals surface area contributed by atoms with Crippen molar-refractivity contribution in [3.05, 3.63) is 54.2 Å². The van der Waals surface area contributed by atoms with Gasteiger partial charge in [0.1, 0.15) is 11.6 Å². The van der Waals surface area contributed by atoms with Gasteiger partial charge in [0.25, 0.3) is 0 Å². The summed E-state index contributed by atoms with van der Waals surface area (Å²) in [5, 5.41) is 5.97. The van der Waals surface area contributed by atoms with Crippen molar-refractivity contribution in [2.75, 3.05) is 69.0 Å². The van der Waals surface area contributed by atoms with E-state index in [0.717, 1.165) is 56.2 Å². The first kappa shape index (κ1) is 30.1. The number of methoxy groups -OCH3 is 1. The van der Waals surface area contributed by atoms with Crippen LogP contribution in [0.4, 0.5) is 28.8 Å². The maximum Gasteiger partial charge on any atom is 0.229 e. The second-order valence-electron chi connectivity index (χ2n) is 11.5. The zero-order valence-corrected chi connectivity index (χ0v) is 26.1. The monoisotopic (exact) mass is 593 g/mol. The molecule has 0 radical (unpaired) electrons. The number of nitrogens with zero attached hydrogens (tertiary/aromatic N) is 5. The van der Waals surface area contributed by atoms with Crippen LogP contribution in [0.1, 0.15) is 32.3 Å². The van der Waals surface area contributed by atoms with Crippen LogP contribution in [0, 0.1) is 6.92 Å². The van der Waals surface area contributed by atoms with Gasteiger partial charge in [-0.15, -0.1) is 0 Å². The lowest BCUT2D eigenvalue weighted by Gasteiger charge is -2.42. The summed E-state index contributed by atoms with van der Waals surface area (Å²) in [6.45, 7) is 11.9. The van der Waals surface area contributed by atoms with Gasteiger partial charge in [0.05, 0.1) is 28.6 Å². The van der Waals surface area contributed by atoms with Gasteiger partial charge < -0.3 is 25.2 Å². The fourth-order valence-corrected chi connectivity index (χ4v) is 6.81. The molecule has 0 amide bonds. The van der Waals surface area contributed by atoms with Crippen molar-refractivity contribution >= 4 is 38.7 Å². The molecule has 1 aromatic heterocycles. The normalized spacial score (nSPS) is 17.4. The van der Waals surface area contributed by atoms with Crippen molar-refractivity contribution in [3.63, 3.8) is 0 Å². The van der Waals surface area contributed by atoms with Crippen molar-refractivity contribution in [3.8, 4) is 5.75 Å². The number of anilines is 5. The highest BCUT2D eigenvalue weighted by atomic mass is 32.2. The first-order valence-electron chi connectivity index (χ1n) is 14.7. The molecule has 3 heterocycles. The smallest absolute Gasteiger partial charge is 0.229 e. The minimum Gasteiger partial charge on any atom is -0.494 e. The second kappa shape index (κ2) is 12.8. The molecular weight excluding hydrogens is 550 g/mol. The van der Waals surface area contributed by atoms with Gasteiger partial charge in [-0.3, -0.25) is 4.90 Å². The van der Waals surface area contributed by atoms with E-state index in [2.05, 4.69) is 54.5 Å². The lowest BCUT2D eigenvalue weighted by Crippen LogP contribution is -2.52. The van der Waals surface area contributed by atoms with Crippen LogP contribution in [-0.4, -0.2) is 92.9 Å². The highest BCUT2D eigenvalue weighted by Crippen LogP contribution is 2.34. The molecule has 2 aromatic carbocycles. The molecule has 226 valence electrons. The molecule has 2 aliphatic rings. The number of hydrogen-bond donors (Lipinski definition) is 2. The highest BCUT2D eigenvalue weighted by molar-refractivity contribution is 7.92. The van der Waals surface area contributed by atoms with E-state index in [0.29, 0.717) is 29.2 Å². The summed E-state index contributed by atoms with van der Waals surface area (Å²) in [5.74, 6) is 1.62. The minimum absolute atomic E-state index is 0.248. The lowest BCUT2D eigenvalue weighted by molar-refractivity contribution is 0.0982. The van der Waals surface area contributed by atoms with E-state index in [9.17, 15) is 8.42 Å². The molecule has 0 spiro atoms. The molecule has 0 atom stereocenters. The Morgan fingerprint density at radius 1 is 0.952 bits per heavy atom. The number of nitrogens with one attached hydrogen (secondary N) is 2. The van der Waals surface area contributed by atoms with Gasteiger partial charge in [0.15, 0.2) is 9.84 Å². The summed E-state index contributed by atoms with van der Waals surface area (Å²) in [5.41, 5.74) is 3.17. The van der Waals surface area contributed by atoms with E-state index in [1.54, 1.807) is 51.4 Å². The van der Waals surface area contributed by atoms with Gasteiger partial charge in [-0.1, -0.05) is 12.1 Å². The number of hydrogen-bond acceptors (Lipinski definition) is 10. The number of benzene rings is 2. The topological polar surface area (TPSA) is 103 Å². The number of aryl methyl sites for hydroxylation is 1. The highest BCUT2D eigenvalue weighted by Gasteiger charge is 2.27. The van der Waals surface area contributed by atoms with Gasteiger partial charge in [-0.25, -0.2) is 13.4 Å². The number of aromatic nitrogens is 2. The van der Waals surface area contributed by atoms with E-state index in [-0.39, 0.29) is 4.90 Å². The molecule has 2 N–H and O–H groups in total. The van der Waals surface area contributed by atoms with E-state index in [1.807, 2.05) is 13.0 Å². The molecular formula is C31H43N7O3S. The maximum atomic E-state index is 12.9. The van der Waals surface area contributed by atoms with Gasteiger partial charge >= 0.3 is 0 Å². The van der Waals surface area contributed by atoms with Crippen LogP contribution in [0.25, 0.3) is 0 Å². The number of rotatable bonds is 9. The summed E-state index contributed by atoms with van der Waals surface area (Å²) in [7, 11) is 0.390. The van der Waals surface area contributed by atoms with Crippen LogP contribution < -0.4 is 20.3 Å². The summed E-state index contributed by atoms with van der Waals surface area (Å²) in [6.07, 6.45) is 4.05. The maximum absolute atomic E-state index is 12.9. The molecule has 2 fully saturated rings. The number of sulfone groups is 1. The molecule has 3 aromatic rings. The zero-order chi connectivity index (χ0) is 29.9. The van der Waals surface area contributed by atoms with Crippen LogP contribution in [0.2, 0.25) is 0 Å². The molecule has 0 unspecified atom stereocenters. The number of ether oxygens (including phenoxy) is 1. The molecule has 2 aliphatic heterocycles. The number of piperidine rings is 1. The van der Waals surface area contributed by atoms with Gasteiger partial charge in [-0.05, 0) is 64.9 Å². The largest absolute Gasteiger partial charge is 0.494 e. The summed E-state index contributed by atoms with van der Waals surface area (Å²) >= 11 is 0.